The first-order valence-electron chi connectivity index (χ1n) is 4.83. The molecule has 0 N–H and O–H groups in total. The normalized spacial score (nSPS) is 10.7. The molecule has 0 unspecified atom stereocenters. The summed E-state index contributed by atoms with van der Waals surface area (Å²) in [4.78, 5) is 8.60. The average Bonchev–Trinajstić information content (AvgIpc) is 2.74. The number of aromatic nitrogens is 4. The molecule has 4 heteroatoms. The van der Waals surface area contributed by atoms with Crippen molar-refractivity contribution in [1.29, 1.82) is 0 Å². The molecule has 0 amide bonds. The summed E-state index contributed by atoms with van der Waals surface area (Å²) in [7, 11) is 1.98. The van der Waals surface area contributed by atoms with Gasteiger partial charge in [-0.1, -0.05) is 6.92 Å². The summed E-state index contributed by atoms with van der Waals surface area (Å²) >= 11 is 0. The lowest BCUT2D eigenvalue weighted by atomic mass is 10.3. The molecule has 14 heavy (non-hydrogen) atoms. The van der Waals surface area contributed by atoms with Crippen molar-refractivity contribution in [2.75, 3.05) is 0 Å². The molecule has 0 bridgehead atoms. The largest absolute Gasteiger partial charge is 0.320 e. The Bertz CT molecular complexity index is 413. The predicted molar refractivity (Wildman–Crippen MR) is 54.3 cm³/mol. The zero-order valence-electron chi connectivity index (χ0n) is 8.51. The third-order valence-electron chi connectivity index (χ3n) is 2.20. The summed E-state index contributed by atoms with van der Waals surface area (Å²) < 4.78 is 4.02. The van der Waals surface area contributed by atoms with Gasteiger partial charge >= 0.3 is 0 Å². The highest BCUT2D eigenvalue weighted by Gasteiger charge is 2.06. The van der Waals surface area contributed by atoms with Gasteiger partial charge in [0.1, 0.15) is 5.82 Å². The molecule has 2 aromatic heterocycles. The minimum Gasteiger partial charge on any atom is -0.320 e. The van der Waals surface area contributed by atoms with Gasteiger partial charge in [0.05, 0.1) is 0 Å². The van der Waals surface area contributed by atoms with Crippen LogP contribution in [-0.4, -0.2) is 19.1 Å². The average molecular weight is 190 g/mol. The van der Waals surface area contributed by atoms with Gasteiger partial charge in [0.25, 0.3) is 0 Å². The molecule has 4 nitrogen and oxygen atoms in total. The fraction of sp³-hybridized carbons (Fsp3) is 0.400. The van der Waals surface area contributed by atoms with Crippen LogP contribution in [0.25, 0.3) is 5.95 Å². The van der Waals surface area contributed by atoms with Crippen LogP contribution in [0.4, 0.5) is 0 Å². The quantitative estimate of drug-likeness (QED) is 0.736. The second-order valence-corrected chi connectivity index (χ2v) is 3.30. The molecule has 0 aliphatic carbocycles. The number of hydrogen-bond acceptors (Lipinski definition) is 2. The highest BCUT2D eigenvalue weighted by atomic mass is 15.2. The molecule has 0 radical (unpaired) electrons. The van der Waals surface area contributed by atoms with Gasteiger partial charge in [0, 0.05) is 38.3 Å². The minimum atomic E-state index is 0.922. The molecule has 74 valence electrons. The van der Waals surface area contributed by atoms with Gasteiger partial charge in [-0.2, -0.15) is 0 Å². The van der Waals surface area contributed by atoms with E-state index in [0.29, 0.717) is 0 Å². The van der Waals surface area contributed by atoms with Crippen LogP contribution in [0.3, 0.4) is 0 Å². The fourth-order valence-electron chi connectivity index (χ4n) is 1.51. The topological polar surface area (TPSA) is 35.6 Å². The summed E-state index contributed by atoms with van der Waals surface area (Å²) in [5, 5.41) is 0. The van der Waals surface area contributed by atoms with Crippen molar-refractivity contribution < 1.29 is 0 Å². The summed E-state index contributed by atoms with van der Waals surface area (Å²) in [6, 6.07) is 0. The Labute approximate surface area is 83.2 Å². The van der Waals surface area contributed by atoms with Crippen LogP contribution in [0.1, 0.15) is 19.2 Å². The van der Waals surface area contributed by atoms with Gasteiger partial charge in [0.15, 0.2) is 0 Å². The third-order valence-corrected chi connectivity index (χ3v) is 2.20. The zero-order valence-corrected chi connectivity index (χ0v) is 8.51. The summed E-state index contributed by atoms with van der Waals surface area (Å²) in [6.45, 7) is 2.15. The Morgan fingerprint density at radius 1 is 1.21 bits per heavy atom. The van der Waals surface area contributed by atoms with Crippen molar-refractivity contribution in [2.45, 2.75) is 19.8 Å². The molecule has 0 aliphatic rings. The van der Waals surface area contributed by atoms with Crippen molar-refractivity contribution in [3.8, 4) is 5.95 Å². The Balaban J connectivity index is 2.41. The highest BCUT2D eigenvalue weighted by Crippen LogP contribution is 2.08. The molecule has 2 rings (SSSR count). The molecule has 0 aliphatic heterocycles. The van der Waals surface area contributed by atoms with Crippen molar-refractivity contribution >= 4 is 0 Å². The van der Waals surface area contributed by atoms with E-state index in [2.05, 4.69) is 16.9 Å². The van der Waals surface area contributed by atoms with Crippen LogP contribution in [0.15, 0.2) is 24.8 Å². The first-order valence-corrected chi connectivity index (χ1v) is 4.83. The Kier molecular flexibility index (Phi) is 2.35. The Morgan fingerprint density at radius 2 is 2.00 bits per heavy atom. The lowest BCUT2D eigenvalue weighted by Crippen LogP contribution is -2.06. The Hall–Kier alpha value is -1.58. The van der Waals surface area contributed by atoms with E-state index in [4.69, 9.17) is 0 Å². The molecule has 0 spiro atoms. The summed E-state index contributed by atoms with van der Waals surface area (Å²) in [6.07, 6.45) is 9.59. The van der Waals surface area contributed by atoms with Crippen LogP contribution in [0.2, 0.25) is 0 Å². The predicted octanol–water partition coefficient (Wildman–Crippen LogP) is 1.56. The van der Waals surface area contributed by atoms with Crippen molar-refractivity contribution in [3.05, 3.63) is 30.6 Å². The van der Waals surface area contributed by atoms with E-state index >= 15 is 0 Å². The SMILES string of the molecule is CCCc1nccn1-c1nccn1C. The summed E-state index contributed by atoms with van der Waals surface area (Å²) in [5.74, 6) is 1.99. The van der Waals surface area contributed by atoms with E-state index in [1.807, 2.05) is 34.8 Å². The van der Waals surface area contributed by atoms with Gasteiger partial charge < -0.3 is 4.57 Å². The standard InChI is InChI=1S/C10H14N4/c1-3-4-9-11-6-8-14(9)10-12-5-7-13(10)2/h5-8H,3-4H2,1-2H3. The van der Waals surface area contributed by atoms with Crippen LogP contribution in [-0.2, 0) is 13.5 Å². The number of hydrogen-bond donors (Lipinski definition) is 0. The lowest BCUT2D eigenvalue weighted by Gasteiger charge is -2.05. The zero-order chi connectivity index (χ0) is 9.97. The molecule has 0 fully saturated rings. The molecule has 0 saturated carbocycles. The van der Waals surface area contributed by atoms with Crippen molar-refractivity contribution in [3.63, 3.8) is 0 Å². The van der Waals surface area contributed by atoms with Crippen LogP contribution in [0.5, 0.6) is 0 Å². The number of rotatable bonds is 3. The van der Waals surface area contributed by atoms with E-state index in [0.717, 1.165) is 24.6 Å². The Morgan fingerprint density at radius 3 is 2.64 bits per heavy atom. The second-order valence-electron chi connectivity index (χ2n) is 3.30. The maximum atomic E-state index is 4.31. The lowest BCUT2D eigenvalue weighted by molar-refractivity contribution is 0.749. The van der Waals surface area contributed by atoms with Crippen LogP contribution >= 0.6 is 0 Å². The monoisotopic (exact) mass is 190 g/mol. The third kappa shape index (κ3) is 1.43. The molecule has 2 heterocycles. The maximum Gasteiger partial charge on any atom is 0.214 e. The fourth-order valence-corrected chi connectivity index (χ4v) is 1.51. The highest BCUT2D eigenvalue weighted by molar-refractivity contribution is 5.16. The number of nitrogens with zero attached hydrogens (tertiary/aromatic N) is 4. The van der Waals surface area contributed by atoms with Crippen molar-refractivity contribution in [2.24, 2.45) is 7.05 Å². The van der Waals surface area contributed by atoms with E-state index in [-0.39, 0.29) is 0 Å². The summed E-state index contributed by atoms with van der Waals surface area (Å²) in [5.41, 5.74) is 0. The molecular weight excluding hydrogens is 176 g/mol. The van der Waals surface area contributed by atoms with Gasteiger partial charge in [-0.15, -0.1) is 0 Å². The first kappa shape index (κ1) is 8.99. The van der Waals surface area contributed by atoms with E-state index < -0.39 is 0 Å². The van der Waals surface area contributed by atoms with Crippen LogP contribution in [0, 0.1) is 0 Å². The van der Waals surface area contributed by atoms with Crippen LogP contribution < -0.4 is 0 Å². The van der Waals surface area contributed by atoms with Gasteiger partial charge in [-0.25, -0.2) is 9.97 Å². The van der Waals surface area contributed by atoms with Gasteiger partial charge in [-0.05, 0) is 6.42 Å². The molecule has 0 aromatic carbocycles. The van der Waals surface area contributed by atoms with Gasteiger partial charge in [0.2, 0.25) is 5.95 Å². The number of imidazole rings is 2. The van der Waals surface area contributed by atoms with Crippen molar-refractivity contribution in [1.82, 2.24) is 19.1 Å². The second kappa shape index (κ2) is 3.65. The van der Waals surface area contributed by atoms with E-state index in [1.54, 1.807) is 6.20 Å². The minimum absolute atomic E-state index is 0.922. The maximum absolute atomic E-state index is 4.31. The molecular formula is C10H14N4. The smallest absolute Gasteiger partial charge is 0.214 e. The molecule has 0 saturated heterocycles. The molecule has 0 atom stereocenters. The first-order chi connectivity index (χ1) is 6.83. The van der Waals surface area contributed by atoms with E-state index in [1.165, 1.54) is 0 Å². The molecule has 2 aromatic rings. The van der Waals surface area contributed by atoms with Gasteiger partial charge in [-0.3, -0.25) is 4.57 Å². The number of aryl methyl sites for hydroxylation is 2. The van der Waals surface area contributed by atoms with E-state index in [9.17, 15) is 0 Å².